The Morgan fingerprint density at radius 2 is 1.85 bits per heavy atom. The van der Waals surface area contributed by atoms with Crippen molar-refractivity contribution in [1.29, 1.82) is 0 Å². The number of ether oxygens (including phenoxy) is 1. The topological polar surface area (TPSA) is 96.7 Å². The number of amides is 1. The Kier molecular flexibility index (Phi) is 5.22. The van der Waals surface area contributed by atoms with E-state index in [0.29, 0.717) is 11.4 Å². The van der Waals surface area contributed by atoms with Crippen LogP contribution >= 0.6 is 0 Å². The number of carboxylic acid groups (broad SMARTS) is 1. The fourth-order valence-electron chi connectivity index (χ4n) is 3.06. The number of anilines is 2. The molecular weight excluding hydrogens is 336 g/mol. The number of carboxylic acids is 1. The lowest BCUT2D eigenvalue weighted by atomic mass is 10.1. The summed E-state index contributed by atoms with van der Waals surface area (Å²) in [6.45, 7) is 5.48. The minimum Gasteiger partial charge on any atom is -0.480 e. The molecule has 1 aliphatic rings. The first-order valence-corrected chi connectivity index (χ1v) is 8.48. The third kappa shape index (κ3) is 4.40. The smallest absolute Gasteiger partial charge is 0.325 e. The van der Waals surface area contributed by atoms with Crippen LogP contribution in [0.1, 0.15) is 24.2 Å². The highest BCUT2D eigenvalue weighted by molar-refractivity contribution is 6.03. The van der Waals surface area contributed by atoms with E-state index < -0.39 is 5.97 Å². The van der Waals surface area contributed by atoms with E-state index in [2.05, 4.69) is 15.3 Å². The number of hydrogen-bond acceptors (Lipinski definition) is 5. The molecule has 1 saturated heterocycles. The summed E-state index contributed by atoms with van der Waals surface area (Å²) in [5.41, 5.74) is 1.56. The standard InChI is InChI=1S/C18H22N4O4/c1-12-9-21(10-13(2)26-12)15-5-3-14(4-6-15)18(25)19-16-7-8-22(20-16)11-17(23)24/h3-8,12-13H,9-11H2,1-2H3,(H,23,24)(H,19,20,25). The monoisotopic (exact) mass is 358 g/mol. The second kappa shape index (κ2) is 7.57. The first-order valence-electron chi connectivity index (χ1n) is 8.48. The van der Waals surface area contributed by atoms with E-state index in [-0.39, 0.29) is 24.7 Å². The van der Waals surface area contributed by atoms with E-state index in [1.807, 2.05) is 26.0 Å². The average Bonchev–Trinajstić information content (AvgIpc) is 3.00. The minimum atomic E-state index is -0.992. The first-order chi connectivity index (χ1) is 12.4. The third-order valence-electron chi connectivity index (χ3n) is 4.09. The van der Waals surface area contributed by atoms with Crippen molar-refractivity contribution in [3.63, 3.8) is 0 Å². The third-order valence-corrected chi connectivity index (χ3v) is 4.09. The van der Waals surface area contributed by atoms with E-state index in [1.165, 1.54) is 10.9 Å². The summed E-state index contributed by atoms with van der Waals surface area (Å²) in [6, 6.07) is 8.94. The van der Waals surface area contributed by atoms with Gasteiger partial charge in [-0.2, -0.15) is 5.10 Å². The molecule has 2 unspecified atom stereocenters. The fraction of sp³-hybridized carbons (Fsp3) is 0.389. The number of carbonyl (C=O) groups excluding carboxylic acids is 1. The van der Waals surface area contributed by atoms with Crippen LogP contribution in [0.4, 0.5) is 11.5 Å². The van der Waals surface area contributed by atoms with Crippen molar-refractivity contribution in [3.05, 3.63) is 42.1 Å². The first kappa shape index (κ1) is 17.9. The van der Waals surface area contributed by atoms with E-state index >= 15 is 0 Å². The Labute approximate surface area is 151 Å². The van der Waals surface area contributed by atoms with Crippen molar-refractivity contribution in [2.75, 3.05) is 23.3 Å². The zero-order chi connectivity index (χ0) is 18.7. The number of benzene rings is 1. The summed E-state index contributed by atoms with van der Waals surface area (Å²) >= 11 is 0. The zero-order valence-corrected chi connectivity index (χ0v) is 14.8. The van der Waals surface area contributed by atoms with Gasteiger partial charge >= 0.3 is 5.97 Å². The number of nitrogens with zero attached hydrogens (tertiary/aromatic N) is 3. The summed E-state index contributed by atoms with van der Waals surface area (Å²) in [6.07, 6.45) is 1.85. The molecule has 2 heterocycles. The van der Waals surface area contributed by atoms with Crippen LogP contribution in [0.25, 0.3) is 0 Å². The Morgan fingerprint density at radius 1 is 1.19 bits per heavy atom. The van der Waals surface area contributed by atoms with Gasteiger partial charge in [-0.25, -0.2) is 0 Å². The van der Waals surface area contributed by atoms with E-state index in [1.54, 1.807) is 18.2 Å². The lowest BCUT2D eigenvalue weighted by Gasteiger charge is -2.36. The summed E-state index contributed by atoms with van der Waals surface area (Å²) in [4.78, 5) is 25.2. The van der Waals surface area contributed by atoms with Crippen molar-refractivity contribution in [2.45, 2.75) is 32.6 Å². The second-order valence-electron chi connectivity index (χ2n) is 6.46. The lowest BCUT2D eigenvalue weighted by Crippen LogP contribution is -2.45. The molecule has 2 atom stereocenters. The van der Waals surface area contributed by atoms with Gasteiger partial charge in [0.05, 0.1) is 12.2 Å². The molecule has 2 aromatic rings. The maximum absolute atomic E-state index is 12.3. The number of rotatable bonds is 5. The van der Waals surface area contributed by atoms with Crippen LogP contribution in [0.15, 0.2) is 36.5 Å². The SMILES string of the molecule is CC1CN(c2ccc(C(=O)Nc3ccn(CC(=O)O)n3)cc2)CC(C)O1. The van der Waals surface area contributed by atoms with Gasteiger partial charge < -0.3 is 20.1 Å². The van der Waals surface area contributed by atoms with E-state index in [4.69, 9.17) is 9.84 Å². The summed E-state index contributed by atoms with van der Waals surface area (Å²) in [5, 5.41) is 15.4. The number of carbonyl (C=O) groups is 2. The van der Waals surface area contributed by atoms with Crippen LogP contribution in [0.3, 0.4) is 0 Å². The number of aliphatic carboxylic acids is 1. The highest BCUT2D eigenvalue weighted by Crippen LogP contribution is 2.21. The second-order valence-corrected chi connectivity index (χ2v) is 6.46. The normalized spacial score (nSPS) is 20.0. The summed E-state index contributed by atoms with van der Waals surface area (Å²) in [7, 11) is 0. The average molecular weight is 358 g/mol. The van der Waals surface area contributed by atoms with Crippen LogP contribution in [-0.2, 0) is 16.1 Å². The van der Waals surface area contributed by atoms with Gasteiger partial charge in [0.25, 0.3) is 5.91 Å². The van der Waals surface area contributed by atoms with Gasteiger partial charge in [-0.05, 0) is 38.1 Å². The molecule has 138 valence electrons. The Bertz CT molecular complexity index is 777. The van der Waals surface area contributed by atoms with Crippen molar-refractivity contribution in [1.82, 2.24) is 9.78 Å². The summed E-state index contributed by atoms with van der Waals surface area (Å²) in [5.74, 6) is -0.967. The number of nitrogens with one attached hydrogen (secondary N) is 1. The van der Waals surface area contributed by atoms with Crippen molar-refractivity contribution in [2.24, 2.45) is 0 Å². The number of aromatic nitrogens is 2. The highest BCUT2D eigenvalue weighted by Gasteiger charge is 2.22. The Hall–Kier alpha value is -2.87. The van der Waals surface area contributed by atoms with Crippen LogP contribution in [-0.4, -0.2) is 52.1 Å². The molecule has 0 spiro atoms. The van der Waals surface area contributed by atoms with Gasteiger partial charge in [0.2, 0.25) is 0 Å². The predicted molar refractivity (Wildman–Crippen MR) is 96.5 cm³/mol. The molecule has 8 nitrogen and oxygen atoms in total. The molecule has 0 saturated carbocycles. The van der Waals surface area contributed by atoms with Gasteiger partial charge in [-0.3, -0.25) is 14.3 Å². The number of hydrogen-bond donors (Lipinski definition) is 2. The molecule has 1 fully saturated rings. The molecule has 1 amide bonds. The molecule has 1 aromatic heterocycles. The molecule has 2 N–H and O–H groups in total. The molecule has 0 bridgehead atoms. The van der Waals surface area contributed by atoms with Crippen LogP contribution in [0.5, 0.6) is 0 Å². The highest BCUT2D eigenvalue weighted by atomic mass is 16.5. The van der Waals surface area contributed by atoms with Crippen LogP contribution in [0.2, 0.25) is 0 Å². The maximum atomic E-state index is 12.3. The van der Waals surface area contributed by atoms with Gasteiger partial charge in [0.1, 0.15) is 6.54 Å². The van der Waals surface area contributed by atoms with Gasteiger partial charge in [-0.1, -0.05) is 0 Å². The molecule has 1 aromatic carbocycles. The minimum absolute atomic E-state index is 0.169. The van der Waals surface area contributed by atoms with Crippen molar-refractivity contribution in [3.8, 4) is 0 Å². The molecule has 26 heavy (non-hydrogen) atoms. The van der Waals surface area contributed by atoms with Gasteiger partial charge in [-0.15, -0.1) is 0 Å². The van der Waals surface area contributed by atoms with E-state index in [9.17, 15) is 9.59 Å². The largest absolute Gasteiger partial charge is 0.480 e. The molecule has 3 rings (SSSR count). The van der Waals surface area contributed by atoms with Crippen LogP contribution in [0, 0.1) is 0 Å². The quantitative estimate of drug-likeness (QED) is 0.846. The number of morpholine rings is 1. The fourth-order valence-corrected chi connectivity index (χ4v) is 3.06. The molecule has 0 radical (unpaired) electrons. The van der Waals surface area contributed by atoms with Crippen LogP contribution < -0.4 is 10.2 Å². The predicted octanol–water partition coefficient (Wildman–Crippen LogP) is 1.83. The Morgan fingerprint density at radius 3 is 2.46 bits per heavy atom. The van der Waals surface area contributed by atoms with E-state index in [0.717, 1.165) is 18.8 Å². The van der Waals surface area contributed by atoms with Gasteiger partial charge in [0, 0.05) is 36.6 Å². The lowest BCUT2D eigenvalue weighted by molar-refractivity contribution is -0.137. The zero-order valence-electron chi connectivity index (χ0n) is 14.8. The molecule has 0 aliphatic carbocycles. The summed E-state index contributed by atoms with van der Waals surface area (Å²) < 4.78 is 6.99. The molecular formula is C18H22N4O4. The maximum Gasteiger partial charge on any atom is 0.325 e. The molecule has 8 heteroatoms. The van der Waals surface area contributed by atoms with Gasteiger partial charge in [0.15, 0.2) is 5.82 Å². The Balaban J connectivity index is 1.63. The van der Waals surface area contributed by atoms with Crippen molar-refractivity contribution < 1.29 is 19.4 Å². The molecule has 1 aliphatic heterocycles. The van der Waals surface area contributed by atoms with Crippen molar-refractivity contribution >= 4 is 23.4 Å².